The molecule has 5 rings (SSSR count). The fourth-order valence-electron chi connectivity index (χ4n) is 4.19. The standard InChI is InChI=1S/C22H25N3O2S/c1-27-16-10-6-14(7-11-16)12-25(15-8-9-15)13-19-23-21(26)20-17-4-2-3-5-18(17)28-22(20)24-19/h6-7,10-11,15H,2-5,8-9,12-13H2,1H3,(H,23,24,26). The van der Waals surface area contributed by atoms with Gasteiger partial charge in [-0.1, -0.05) is 12.1 Å². The zero-order chi connectivity index (χ0) is 19.1. The maximum absolute atomic E-state index is 12.8. The molecule has 1 N–H and O–H groups in total. The SMILES string of the molecule is COc1ccc(CN(Cc2nc3sc4c(c3c(=O)[nH]2)CCCC4)C2CC2)cc1. The zero-order valence-corrected chi connectivity index (χ0v) is 17.0. The topological polar surface area (TPSA) is 58.2 Å². The quantitative estimate of drug-likeness (QED) is 0.684. The maximum Gasteiger partial charge on any atom is 0.259 e. The van der Waals surface area contributed by atoms with Crippen molar-refractivity contribution in [2.75, 3.05) is 7.11 Å². The van der Waals surface area contributed by atoms with Gasteiger partial charge in [0.25, 0.3) is 5.56 Å². The highest BCUT2D eigenvalue weighted by Gasteiger charge is 2.30. The van der Waals surface area contributed by atoms with E-state index in [1.54, 1.807) is 18.4 Å². The van der Waals surface area contributed by atoms with Gasteiger partial charge in [0.1, 0.15) is 16.4 Å². The summed E-state index contributed by atoms with van der Waals surface area (Å²) in [6.45, 7) is 1.54. The molecule has 0 unspecified atom stereocenters. The Morgan fingerprint density at radius 1 is 1.18 bits per heavy atom. The minimum atomic E-state index is 0.0413. The van der Waals surface area contributed by atoms with E-state index in [4.69, 9.17) is 9.72 Å². The van der Waals surface area contributed by atoms with Crippen molar-refractivity contribution in [2.45, 2.75) is 57.7 Å². The number of aromatic nitrogens is 2. The van der Waals surface area contributed by atoms with E-state index >= 15 is 0 Å². The van der Waals surface area contributed by atoms with Crippen molar-refractivity contribution in [1.29, 1.82) is 0 Å². The van der Waals surface area contributed by atoms with Gasteiger partial charge in [-0.25, -0.2) is 4.98 Å². The van der Waals surface area contributed by atoms with E-state index in [0.717, 1.165) is 41.2 Å². The number of fused-ring (bicyclic) bond motifs is 3. The molecule has 28 heavy (non-hydrogen) atoms. The number of aromatic amines is 1. The zero-order valence-electron chi connectivity index (χ0n) is 16.2. The van der Waals surface area contributed by atoms with E-state index in [0.29, 0.717) is 12.6 Å². The Hall–Kier alpha value is -2.18. The number of methoxy groups -OCH3 is 1. The van der Waals surface area contributed by atoms with Crippen LogP contribution in [0.3, 0.4) is 0 Å². The van der Waals surface area contributed by atoms with Gasteiger partial charge in [-0.2, -0.15) is 0 Å². The highest BCUT2D eigenvalue weighted by Crippen LogP contribution is 2.34. The lowest BCUT2D eigenvalue weighted by Gasteiger charge is -2.21. The second-order valence-electron chi connectivity index (χ2n) is 7.89. The number of ether oxygens (including phenoxy) is 1. The second kappa shape index (κ2) is 7.33. The highest BCUT2D eigenvalue weighted by atomic mass is 32.1. The minimum Gasteiger partial charge on any atom is -0.497 e. The average Bonchev–Trinajstić information content (AvgIpc) is 3.48. The summed E-state index contributed by atoms with van der Waals surface area (Å²) in [5.41, 5.74) is 2.55. The van der Waals surface area contributed by atoms with Gasteiger partial charge in [0, 0.05) is 17.5 Å². The average molecular weight is 396 g/mol. The van der Waals surface area contributed by atoms with Gasteiger partial charge in [0.15, 0.2) is 0 Å². The molecule has 2 aromatic heterocycles. The summed E-state index contributed by atoms with van der Waals surface area (Å²) in [5, 5.41) is 0.844. The number of benzene rings is 1. The molecular weight excluding hydrogens is 370 g/mol. The van der Waals surface area contributed by atoms with E-state index in [1.807, 2.05) is 12.1 Å². The number of hydrogen-bond acceptors (Lipinski definition) is 5. The van der Waals surface area contributed by atoms with Gasteiger partial charge in [-0.3, -0.25) is 9.69 Å². The summed E-state index contributed by atoms with van der Waals surface area (Å²) in [6.07, 6.45) is 6.95. The van der Waals surface area contributed by atoms with Crippen molar-refractivity contribution in [1.82, 2.24) is 14.9 Å². The number of thiophene rings is 1. The summed E-state index contributed by atoms with van der Waals surface area (Å²) in [7, 11) is 1.69. The first-order valence-electron chi connectivity index (χ1n) is 10.1. The van der Waals surface area contributed by atoms with Gasteiger partial charge in [0.05, 0.1) is 19.0 Å². The molecule has 3 aromatic rings. The molecule has 2 aliphatic rings. The first-order valence-corrected chi connectivity index (χ1v) is 10.9. The minimum absolute atomic E-state index is 0.0413. The van der Waals surface area contributed by atoms with Gasteiger partial charge in [-0.15, -0.1) is 11.3 Å². The third-order valence-corrected chi connectivity index (χ3v) is 7.02. The first kappa shape index (κ1) is 17.9. The molecule has 0 bridgehead atoms. The second-order valence-corrected chi connectivity index (χ2v) is 8.97. The summed E-state index contributed by atoms with van der Waals surface area (Å²) < 4.78 is 5.26. The van der Waals surface area contributed by atoms with Crippen LogP contribution in [0.15, 0.2) is 29.1 Å². The van der Waals surface area contributed by atoms with E-state index in [-0.39, 0.29) is 5.56 Å². The third-order valence-electron chi connectivity index (χ3n) is 5.83. The number of hydrogen-bond donors (Lipinski definition) is 1. The summed E-state index contributed by atoms with van der Waals surface area (Å²) in [4.78, 5) is 25.5. The fourth-order valence-corrected chi connectivity index (χ4v) is 5.48. The van der Waals surface area contributed by atoms with E-state index in [2.05, 4.69) is 22.0 Å². The molecule has 0 atom stereocenters. The Morgan fingerprint density at radius 2 is 1.96 bits per heavy atom. The monoisotopic (exact) mass is 395 g/mol. The lowest BCUT2D eigenvalue weighted by Crippen LogP contribution is -2.27. The van der Waals surface area contributed by atoms with Gasteiger partial charge < -0.3 is 9.72 Å². The summed E-state index contributed by atoms with van der Waals surface area (Å²) >= 11 is 1.72. The molecule has 1 aromatic carbocycles. The number of nitrogens with zero attached hydrogens (tertiary/aromatic N) is 2. The van der Waals surface area contributed by atoms with Crippen molar-refractivity contribution in [3.05, 3.63) is 56.4 Å². The number of nitrogens with one attached hydrogen (secondary N) is 1. The highest BCUT2D eigenvalue weighted by molar-refractivity contribution is 7.18. The van der Waals surface area contributed by atoms with Crippen LogP contribution in [0.2, 0.25) is 0 Å². The molecule has 1 fully saturated rings. The van der Waals surface area contributed by atoms with E-state index < -0.39 is 0 Å². The van der Waals surface area contributed by atoms with Crippen LogP contribution in [0.4, 0.5) is 0 Å². The van der Waals surface area contributed by atoms with Crippen LogP contribution in [0.5, 0.6) is 5.75 Å². The Kier molecular flexibility index (Phi) is 4.69. The van der Waals surface area contributed by atoms with E-state index in [1.165, 1.54) is 41.7 Å². The maximum atomic E-state index is 12.8. The Morgan fingerprint density at radius 3 is 2.71 bits per heavy atom. The molecule has 6 heteroatoms. The molecule has 0 aliphatic heterocycles. The summed E-state index contributed by atoms with van der Waals surface area (Å²) in [6, 6.07) is 8.81. The van der Waals surface area contributed by atoms with Gasteiger partial charge >= 0.3 is 0 Å². The molecular formula is C22H25N3O2S. The molecule has 2 aliphatic carbocycles. The Labute approximate surface area is 168 Å². The fraction of sp³-hybridized carbons (Fsp3) is 0.455. The van der Waals surface area contributed by atoms with Crippen molar-refractivity contribution in [3.8, 4) is 5.75 Å². The van der Waals surface area contributed by atoms with Crippen LogP contribution >= 0.6 is 11.3 Å². The van der Waals surface area contributed by atoms with Crippen LogP contribution in [-0.2, 0) is 25.9 Å². The van der Waals surface area contributed by atoms with Crippen molar-refractivity contribution in [2.24, 2.45) is 0 Å². The predicted molar refractivity (Wildman–Crippen MR) is 112 cm³/mol. The van der Waals surface area contributed by atoms with Crippen LogP contribution in [0.1, 0.15) is 47.5 Å². The van der Waals surface area contributed by atoms with Gasteiger partial charge in [0.2, 0.25) is 0 Å². The van der Waals surface area contributed by atoms with Crippen molar-refractivity contribution in [3.63, 3.8) is 0 Å². The summed E-state index contributed by atoms with van der Waals surface area (Å²) in [5.74, 6) is 1.66. The number of H-pyrrole nitrogens is 1. The smallest absolute Gasteiger partial charge is 0.259 e. The predicted octanol–water partition coefficient (Wildman–Crippen LogP) is 4.04. The van der Waals surface area contributed by atoms with Gasteiger partial charge in [-0.05, 0) is 61.8 Å². The number of aryl methyl sites for hydroxylation is 2. The van der Waals surface area contributed by atoms with Crippen LogP contribution in [-0.4, -0.2) is 28.0 Å². The third kappa shape index (κ3) is 3.47. The molecule has 0 radical (unpaired) electrons. The normalized spacial score (nSPS) is 16.5. The van der Waals surface area contributed by atoms with Crippen molar-refractivity contribution < 1.29 is 4.74 Å². The lowest BCUT2D eigenvalue weighted by molar-refractivity contribution is 0.239. The first-order chi connectivity index (χ1) is 13.7. The van der Waals surface area contributed by atoms with E-state index in [9.17, 15) is 4.79 Å². The molecule has 1 saturated carbocycles. The molecule has 0 spiro atoms. The Bertz CT molecular complexity index is 1050. The molecule has 146 valence electrons. The molecule has 5 nitrogen and oxygen atoms in total. The molecule has 2 heterocycles. The van der Waals surface area contributed by atoms with Crippen molar-refractivity contribution >= 4 is 21.6 Å². The molecule has 0 amide bonds. The largest absolute Gasteiger partial charge is 0.497 e. The van der Waals surface area contributed by atoms with Crippen LogP contribution < -0.4 is 10.3 Å². The van der Waals surface area contributed by atoms with Crippen LogP contribution in [0, 0.1) is 0 Å². The number of rotatable bonds is 6. The lowest BCUT2D eigenvalue weighted by atomic mass is 9.97. The van der Waals surface area contributed by atoms with Crippen LogP contribution in [0.25, 0.3) is 10.2 Å². The molecule has 0 saturated heterocycles. The Balaban J connectivity index is 1.41.